The maximum atomic E-state index is 11.4. The van der Waals surface area contributed by atoms with Crippen molar-refractivity contribution in [3.05, 3.63) is 46.4 Å². The highest BCUT2D eigenvalue weighted by Crippen LogP contribution is 2.03. The molecule has 88 valence electrons. The zero-order chi connectivity index (χ0) is 12.4. The van der Waals surface area contributed by atoms with E-state index in [9.17, 15) is 9.59 Å². The van der Waals surface area contributed by atoms with Gasteiger partial charge < -0.3 is 10.8 Å². The summed E-state index contributed by atoms with van der Waals surface area (Å²) in [7, 11) is 0. The second-order valence-corrected chi connectivity index (χ2v) is 3.35. The van der Waals surface area contributed by atoms with Crippen LogP contribution in [-0.4, -0.2) is 16.3 Å². The van der Waals surface area contributed by atoms with Crippen LogP contribution in [0.4, 0.5) is 0 Å². The van der Waals surface area contributed by atoms with E-state index in [0.717, 1.165) is 0 Å². The summed E-state index contributed by atoms with van der Waals surface area (Å²) in [6, 6.07) is 7.19. The minimum atomic E-state index is -1.45. The average molecular weight is 236 g/mol. The molecule has 7 heteroatoms. The number of H-pyrrole nitrogens is 1. The predicted molar refractivity (Wildman–Crippen MR) is 55.4 cm³/mol. The Labute approximate surface area is 95.0 Å². The predicted octanol–water partition coefficient (Wildman–Crippen LogP) is -0.671. The molecule has 0 saturated carbocycles. The van der Waals surface area contributed by atoms with E-state index in [1.807, 2.05) is 0 Å². The minimum absolute atomic E-state index is 0.163. The number of nitrogens with two attached hydrogens (primary N) is 1. The second-order valence-electron chi connectivity index (χ2n) is 3.35. The van der Waals surface area contributed by atoms with Crippen LogP contribution in [0.5, 0.6) is 0 Å². The number of para-hydroxylation sites is 1. The van der Waals surface area contributed by atoms with E-state index >= 15 is 0 Å². The van der Waals surface area contributed by atoms with Gasteiger partial charge in [-0.25, -0.2) is 9.59 Å². The van der Waals surface area contributed by atoms with Gasteiger partial charge in [0.15, 0.2) is 6.04 Å². The Bertz CT molecular complexity index is 587. The van der Waals surface area contributed by atoms with Gasteiger partial charge in [0.2, 0.25) is 5.69 Å². The van der Waals surface area contributed by atoms with Gasteiger partial charge in [-0.2, -0.15) is 0 Å². The van der Waals surface area contributed by atoms with Gasteiger partial charge in [-0.3, -0.25) is 4.52 Å². The average Bonchev–Trinajstić information content (AvgIpc) is 2.71. The molecule has 7 nitrogen and oxygen atoms in total. The third-order valence-corrected chi connectivity index (χ3v) is 2.25. The molecule has 0 fully saturated rings. The first-order valence-electron chi connectivity index (χ1n) is 4.78. The summed E-state index contributed by atoms with van der Waals surface area (Å²) in [5.74, 6) is -1.30. The largest absolute Gasteiger partial charge is 0.480 e. The number of hydrogen-bond donors (Lipinski definition) is 3. The van der Waals surface area contributed by atoms with E-state index in [2.05, 4.69) is 9.79 Å². The lowest BCUT2D eigenvalue weighted by molar-refractivity contribution is -0.678. The molecule has 1 aromatic heterocycles. The third-order valence-electron chi connectivity index (χ3n) is 2.25. The SMILES string of the molecule is NC(C(=O)O)c1c(=O)o[nH][n+]1-c1ccccc1. The fourth-order valence-corrected chi connectivity index (χ4v) is 1.43. The van der Waals surface area contributed by atoms with Gasteiger partial charge in [-0.05, 0) is 9.95 Å². The van der Waals surface area contributed by atoms with Crippen molar-refractivity contribution in [1.82, 2.24) is 5.27 Å². The molecule has 1 atom stereocenters. The van der Waals surface area contributed by atoms with Crippen molar-refractivity contribution >= 4 is 5.97 Å². The summed E-state index contributed by atoms with van der Waals surface area (Å²) in [4.78, 5) is 22.2. The molecule has 0 aliphatic heterocycles. The lowest BCUT2D eigenvalue weighted by Gasteiger charge is -1.98. The Kier molecular flexibility index (Phi) is 2.75. The highest BCUT2D eigenvalue weighted by Gasteiger charge is 2.33. The zero-order valence-electron chi connectivity index (χ0n) is 8.66. The fourth-order valence-electron chi connectivity index (χ4n) is 1.43. The van der Waals surface area contributed by atoms with E-state index in [4.69, 9.17) is 10.8 Å². The molecule has 2 aromatic rings. The molecule has 0 spiro atoms. The van der Waals surface area contributed by atoms with Gasteiger partial charge >= 0.3 is 17.3 Å². The van der Waals surface area contributed by atoms with Crippen molar-refractivity contribution in [2.45, 2.75) is 6.04 Å². The van der Waals surface area contributed by atoms with Crippen molar-refractivity contribution in [2.75, 3.05) is 0 Å². The number of rotatable bonds is 3. The molecular weight excluding hydrogens is 226 g/mol. The lowest BCUT2D eigenvalue weighted by Crippen LogP contribution is -2.44. The van der Waals surface area contributed by atoms with Crippen LogP contribution in [0, 0.1) is 0 Å². The monoisotopic (exact) mass is 236 g/mol. The molecule has 17 heavy (non-hydrogen) atoms. The fraction of sp³-hybridized carbons (Fsp3) is 0.100. The molecule has 2 rings (SSSR count). The molecule has 1 heterocycles. The van der Waals surface area contributed by atoms with Gasteiger partial charge in [0.1, 0.15) is 0 Å². The van der Waals surface area contributed by atoms with Crippen LogP contribution in [0.15, 0.2) is 39.6 Å². The Hall–Kier alpha value is -2.41. The number of carboxylic acids is 1. The zero-order valence-corrected chi connectivity index (χ0v) is 8.66. The van der Waals surface area contributed by atoms with Crippen LogP contribution < -0.4 is 16.0 Å². The number of aromatic amines is 1. The molecule has 1 aromatic carbocycles. The number of aliphatic carboxylic acids is 1. The van der Waals surface area contributed by atoms with Crippen molar-refractivity contribution in [1.29, 1.82) is 0 Å². The lowest BCUT2D eigenvalue weighted by atomic mass is 10.2. The summed E-state index contributed by atoms with van der Waals surface area (Å²) in [6.07, 6.45) is 0. The second kappa shape index (κ2) is 4.22. The summed E-state index contributed by atoms with van der Waals surface area (Å²) in [5, 5.41) is 11.1. The molecule has 4 N–H and O–H groups in total. The maximum Gasteiger partial charge on any atom is 0.432 e. The molecule has 0 radical (unpaired) electrons. The topological polar surface area (TPSA) is 113 Å². The van der Waals surface area contributed by atoms with E-state index in [-0.39, 0.29) is 5.69 Å². The molecule has 0 amide bonds. The summed E-state index contributed by atoms with van der Waals surface area (Å²) < 4.78 is 5.77. The number of nitrogens with zero attached hydrogens (tertiary/aromatic N) is 1. The van der Waals surface area contributed by atoms with Crippen LogP contribution in [0.1, 0.15) is 11.7 Å². The van der Waals surface area contributed by atoms with E-state index in [1.54, 1.807) is 30.3 Å². The Morgan fingerprint density at radius 1 is 1.41 bits per heavy atom. The van der Waals surface area contributed by atoms with Crippen molar-refractivity contribution < 1.29 is 19.1 Å². The number of aromatic nitrogens is 2. The third kappa shape index (κ3) is 1.95. The van der Waals surface area contributed by atoms with Crippen molar-refractivity contribution in [3.63, 3.8) is 0 Å². The number of nitrogens with one attached hydrogen (secondary N) is 1. The molecule has 0 aliphatic rings. The minimum Gasteiger partial charge on any atom is -0.480 e. The number of hydrogen-bond acceptors (Lipinski definition) is 4. The van der Waals surface area contributed by atoms with Crippen molar-refractivity contribution in [2.24, 2.45) is 5.73 Å². The number of carbonyl (C=O) groups is 1. The van der Waals surface area contributed by atoms with Gasteiger partial charge in [0.25, 0.3) is 0 Å². The van der Waals surface area contributed by atoms with E-state index in [0.29, 0.717) is 5.69 Å². The van der Waals surface area contributed by atoms with Gasteiger partial charge in [-0.1, -0.05) is 18.2 Å². The smallest absolute Gasteiger partial charge is 0.432 e. The quantitative estimate of drug-likeness (QED) is 0.611. The normalized spacial score (nSPS) is 12.3. The Balaban J connectivity index is 2.58. The molecule has 1 unspecified atom stereocenters. The van der Waals surface area contributed by atoms with E-state index in [1.165, 1.54) is 4.68 Å². The van der Waals surface area contributed by atoms with Gasteiger partial charge in [-0.15, -0.1) is 0 Å². The first-order valence-corrected chi connectivity index (χ1v) is 4.78. The Morgan fingerprint density at radius 2 is 2.06 bits per heavy atom. The molecule has 0 aliphatic carbocycles. The van der Waals surface area contributed by atoms with Crippen LogP contribution in [0.25, 0.3) is 5.69 Å². The molecular formula is C10H10N3O4+. The molecule has 0 bridgehead atoms. The number of benzene rings is 1. The first-order chi connectivity index (χ1) is 8.11. The maximum absolute atomic E-state index is 11.4. The van der Waals surface area contributed by atoms with Gasteiger partial charge in [0, 0.05) is 12.1 Å². The molecule has 0 saturated heterocycles. The highest BCUT2D eigenvalue weighted by atomic mass is 16.5. The summed E-state index contributed by atoms with van der Waals surface area (Å²) >= 11 is 0. The van der Waals surface area contributed by atoms with E-state index < -0.39 is 17.6 Å². The van der Waals surface area contributed by atoms with Crippen LogP contribution in [-0.2, 0) is 4.79 Å². The van der Waals surface area contributed by atoms with Crippen molar-refractivity contribution in [3.8, 4) is 5.69 Å². The Morgan fingerprint density at radius 3 is 2.65 bits per heavy atom. The van der Waals surface area contributed by atoms with Crippen LogP contribution in [0.3, 0.4) is 0 Å². The standard InChI is InChI=1S/C10H9N3O4/c11-7(9(14)15)8-10(16)17-12-13(8)6-4-2-1-3-5-6/h1-5,7H,11H2,(H-,12,14,15,16)/p+1. The summed E-state index contributed by atoms with van der Waals surface area (Å²) in [5.41, 5.74) is 5.02. The summed E-state index contributed by atoms with van der Waals surface area (Å²) in [6.45, 7) is 0. The van der Waals surface area contributed by atoms with Crippen LogP contribution in [0.2, 0.25) is 0 Å². The highest BCUT2D eigenvalue weighted by molar-refractivity contribution is 5.73. The first kappa shape index (κ1) is 11.1. The van der Waals surface area contributed by atoms with Gasteiger partial charge in [0.05, 0.1) is 0 Å². The number of carboxylic acid groups (broad SMARTS) is 1. The van der Waals surface area contributed by atoms with Crippen LogP contribution >= 0.6 is 0 Å².